The highest BCUT2D eigenvalue weighted by Crippen LogP contribution is 2.12. The second kappa shape index (κ2) is 10.2. The van der Waals surface area contributed by atoms with Gasteiger partial charge in [0.2, 0.25) is 10.0 Å². The SMILES string of the molecule is CCc1ccc(OCC(=O)NCc2ccc(CS(=O)(=O)NC(C)C)cc2)cc1. The topological polar surface area (TPSA) is 84.5 Å². The first-order valence-electron chi connectivity index (χ1n) is 9.33. The number of aryl methyl sites for hydroxylation is 1. The molecule has 2 aromatic carbocycles. The molecule has 0 aliphatic carbocycles. The van der Waals surface area contributed by atoms with Crippen LogP contribution in [0, 0.1) is 0 Å². The Bertz CT molecular complexity index is 860. The highest BCUT2D eigenvalue weighted by Gasteiger charge is 2.12. The van der Waals surface area contributed by atoms with E-state index in [4.69, 9.17) is 4.74 Å². The van der Waals surface area contributed by atoms with Crippen molar-refractivity contribution in [2.45, 2.75) is 45.5 Å². The molecule has 2 aromatic rings. The highest BCUT2D eigenvalue weighted by atomic mass is 32.2. The molecule has 6 nitrogen and oxygen atoms in total. The van der Waals surface area contributed by atoms with Crippen molar-refractivity contribution >= 4 is 15.9 Å². The third-order valence-electron chi connectivity index (χ3n) is 3.99. The van der Waals surface area contributed by atoms with Crippen LogP contribution in [0.15, 0.2) is 48.5 Å². The quantitative estimate of drug-likeness (QED) is 0.638. The molecule has 28 heavy (non-hydrogen) atoms. The molecule has 0 radical (unpaired) electrons. The van der Waals surface area contributed by atoms with Crippen LogP contribution in [-0.2, 0) is 33.5 Å². The molecule has 0 saturated carbocycles. The molecular formula is C21H28N2O4S. The van der Waals surface area contributed by atoms with Gasteiger partial charge < -0.3 is 10.1 Å². The Hall–Kier alpha value is -2.38. The lowest BCUT2D eigenvalue weighted by Gasteiger charge is -2.10. The van der Waals surface area contributed by atoms with Crippen LogP contribution >= 0.6 is 0 Å². The zero-order chi connectivity index (χ0) is 20.6. The summed E-state index contributed by atoms with van der Waals surface area (Å²) in [6.45, 7) is 5.95. The number of hydrogen-bond donors (Lipinski definition) is 2. The molecule has 0 atom stereocenters. The summed E-state index contributed by atoms with van der Waals surface area (Å²) in [4.78, 5) is 11.9. The summed E-state index contributed by atoms with van der Waals surface area (Å²) in [6, 6.07) is 14.7. The molecular weight excluding hydrogens is 376 g/mol. The van der Waals surface area contributed by atoms with E-state index in [9.17, 15) is 13.2 Å². The Morgan fingerprint density at radius 3 is 2.11 bits per heavy atom. The van der Waals surface area contributed by atoms with Gasteiger partial charge in [-0.15, -0.1) is 0 Å². The molecule has 0 saturated heterocycles. The Morgan fingerprint density at radius 2 is 1.54 bits per heavy atom. The van der Waals surface area contributed by atoms with Crippen LogP contribution in [0.5, 0.6) is 5.75 Å². The number of amides is 1. The molecule has 2 rings (SSSR count). The van der Waals surface area contributed by atoms with Gasteiger partial charge in [-0.2, -0.15) is 0 Å². The molecule has 2 N–H and O–H groups in total. The number of carbonyl (C=O) groups excluding carboxylic acids is 1. The normalized spacial score (nSPS) is 11.4. The van der Waals surface area contributed by atoms with Crippen molar-refractivity contribution < 1.29 is 17.9 Å². The van der Waals surface area contributed by atoms with Crippen molar-refractivity contribution in [3.63, 3.8) is 0 Å². The number of ether oxygens (including phenoxy) is 1. The summed E-state index contributed by atoms with van der Waals surface area (Å²) >= 11 is 0. The maximum atomic E-state index is 12.0. The number of rotatable bonds is 10. The van der Waals surface area contributed by atoms with E-state index in [0.717, 1.165) is 12.0 Å². The van der Waals surface area contributed by atoms with Crippen LogP contribution in [0.2, 0.25) is 0 Å². The van der Waals surface area contributed by atoms with Gasteiger partial charge >= 0.3 is 0 Å². The van der Waals surface area contributed by atoms with Crippen LogP contribution in [0.1, 0.15) is 37.5 Å². The second-order valence-electron chi connectivity index (χ2n) is 6.91. The molecule has 0 aromatic heterocycles. The van der Waals surface area contributed by atoms with Crippen LogP contribution < -0.4 is 14.8 Å². The van der Waals surface area contributed by atoms with Gasteiger partial charge in [0.15, 0.2) is 6.61 Å². The summed E-state index contributed by atoms with van der Waals surface area (Å²) in [7, 11) is -3.35. The maximum absolute atomic E-state index is 12.0. The molecule has 0 unspecified atom stereocenters. The fraction of sp³-hybridized carbons (Fsp3) is 0.381. The largest absolute Gasteiger partial charge is 0.484 e. The number of sulfonamides is 1. The van der Waals surface area contributed by atoms with Gasteiger partial charge in [-0.1, -0.05) is 43.3 Å². The summed E-state index contributed by atoms with van der Waals surface area (Å²) in [6.07, 6.45) is 0.958. The zero-order valence-electron chi connectivity index (χ0n) is 16.6. The van der Waals surface area contributed by atoms with Crippen molar-refractivity contribution in [1.29, 1.82) is 0 Å². The predicted octanol–water partition coefficient (Wildman–Crippen LogP) is 2.77. The lowest BCUT2D eigenvalue weighted by atomic mass is 10.1. The molecule has 152 valence electrons. The van der Waals surface area contributed by atoms with Crippen LogP contribution in [-0.4, -0.2) is 27.0 Å². The second-order valence-corrected chi connectivity index (χ2v) is 8.66. The fourth-order valence-electron chi connectivity index (χ4n) is 2.60. The van der Waals surface area contributed by atoms with E-state index in [1.165, 1.54) is 5.56 Å². The summed E-state index contributed by atoms with van der Waals surface area (Å²) in [5.74, 6) is 0.378. The van der Waals surface area contributed by atoms with Crippen molar-refractivity contribution in [2.75, 3.05) is 6.61 Å². The van der Waals surface area contributed by atoms with Gasteiger partial charge in [-0.3, -0.25) is 4.79 Å². The van der Waals surface area contributed by atoms with Crippen molar-refractivity contribution in [2.24, 2.45) is 0 Å². The summed E-state index contributed by atoms with van der Waals surface area (Å²) in [5, 5.41) is 2.79. The minimum absolute atomic E-state index is 0.0529. The van der Waals surface area contributed by atoms with Crippen LogP contribution in [0.4, 0.5) is 0 Å². The predicted molar refractivity (Wildman–Crippen MR) is 110 cm³/mol. The minimum atomic E-state index is -3.35. The van der Waals surface area contributed by atoms with Crippen molar-refractivity contribution in [3.8, 4) is 5.75 Å². The van der Waals surface area contributed by atoms with Gasteiger partial charge in [-0.25, -0.2) is 13.1 Å². The van der Waals surface area contributed by atoms with Gasteiger partial charge in [0.25, 0.3) is 5.91 Å². The Kier molecular flexibility index (Phi) is 8.02. The van der Waals surface area contributed by atoms with E-state index < -0.39 is 10.0 Å². The van der Waals surface area contributed by atoms with Gasteiger partial charge in [-0.05, 0) is 49.1 Å². The highest BCUT2D eigenvalue weighted by molar-refractivity contribution is 7.88. The fourth-order valence-corrected chi connectivity index (χ4v) is 4.03. The first-order chi connectivity index (χ1) is 13.3. The summed E-state index contributed by atoms with van der Waals surface area (Å²) in [5.41, 5.74) is 2.80. The van der Waals surface area contributed by atoms with E-state index in [-0.39, 0.29) is 24.3 Å². The monoisotopic (exact) mass is 404 g/mol. The smallest absolute Gasteiger partial charge is 0.258 e. The molecule has 1 amide bonds. The molecule has 7 heteroatoms. The van der Waals surface area contributed by atoms with E-state index in [1.54, 1.807) is 26.0 Å². The molecule has 0 fully saturated rings. The van der Waals surface area contributed by atoms with Crippen LogP contribution in [0.25, 0.3) is 0 Å². The Balaban J connectivity index is 1.78. The Labute approximate surface area is 167 Å². The molecule has 0 aliphatic rings. The number of carbonyl (C=O) groups is 1. The van der Waals surface area contributed by atoms with E-state index in [1.807, 2.05) is 36.4 Å². The first kappa shape index (κ1) is 21.9. The molecule has 0 spiro atoms. The number of benzene rings is 2. The van der Waals surface area contributed by atoms with Crippen LogP contribution in [0.3, 0.4) is 0 Å². The molecule has 0 bridgehead atoms. The zero-order valence-corrected chi connectivity index (χ0v) is 17.4. The maximum Gasteiger partial charge on any atom is 0.258 e. The van der Waals surface area contributed by atoms with E-state index in [2.05, 4.69) is 17.0 Å². The lowest BCUT2D eigenvalue weighted by Crippen LogP contribution is -2.31. The standard InChI is InChI=1S/C21H28N2O4S/c1-4-17-9-11-20(12-10-17)27-14-21(24)22-13-18-5-7-19(8-6-18)15-28(25,26)23-16(2)3/h5-12,16,23H,4,13-15H2,1-3H3,(H,22,24). The van der Waals surface area contributed by atoms with Gasteiger partial charge in [0, 0.05) is 12.6 Å². The van der Waals surface area contributed by atoms with Gasteiger partial charge in [0.1, 0.15) is 5.75 Å². The lowest BCUT2D eigenvalue weighted by molar-refractivity contribution is -0.123. The minimum Gasteiger partial charge on any atom is -0.484 e. The third kappa shape index (κ3) is 7.70. The average Bonchev–Trinajstić information content (AvgIpc) is 2.65. The number of nitrogens with one attached hydrogen (secondary N) is 2. The Morgan fingerprint density at radius 1 is 0.964 bits per heavy atom. The van der Waals surface area contributed by atoms with E-state index >= 15 is 0 Å². The molecule has 0 heterocycles. The van der Waals surface area contributed by atoms with Gasteiger partial charge in [0.05, 0.1) is 5.75 Å². The van der Waals surface area contributed by atoms with Crippen molar-refractivity contribution in [1.82, 2.24) is 10.0 Å². The third-order valence-corrected chi connectivity index (χ3v) is 5.53. The van der Waals surface area contributed by atoms with Crippen molar-refractivity contribution in [3.05, 3.63) is 65.2 Å². The van der Waals surface area contributed by atoms with E-state index in [0.29, 0.717) is 17.9 Å². The summed E-state index contributed by atoms with van der Waals surface area (Å²) < 4.78 is 31.9. The first-order valence-corrected chi connectivity index (χ1v) is 11.0. The number of hydrogen-bond acceptors (Lipinski definition) is 4. The molecule has 0 aliphatic heterocycles. The average molecular weight is 405 g/mol.